The maximum atomic E-state index is 13.1. The van der Waals surface area contributed by atoms with Crippen molar-refractivity contribution in [1.82, 2.24) is 20.4 Å². The van der Waals surface area contributed by atoms with Crippen LogP contribution in [0, 0.1) is 5.92 Å². The van der Waals surface area contributed by atoms with Crippen LogP contribution in [-0.2, 0) is 9.53 Å². The van der Waals surface area contributed by atoms with Crippen molar-refractivity contribution in [2.24, 2.45) is 10.9 Å². The molecule has 29 heavy (non-hydrogen) atoms. The zero-order chi connectivity index (χ0) is 20.6. The first kappa shape index (κ1) is 26.2. The van der Waals surface area contributed by atoms with Gasteiger partial charge in [0.1, 0.15) is 6.54 Å². The number of guanidine groups is 1. The molecule has 2 fully saturated rings. The number of nitrogens with one attached hydrogen (secondary N) is 2. The zero-order valence-corrected chi connectivity index (χ0v) is 19.5. The lowest BCUT2D eigenvalue weighted by Crippen LogP contribution is -2.49. The molecule has 2 N–H and O–H groups in total. The second-order valence-electron chi connectivity index (χ2n) is 7.58. The Morgan fingerprint density at radius 1 is 1.24 bits per heavy atom. The average Bonchev–Trinajstić information content (AvgIpc) is 2.66. The Morgan fingerprint density at radius 3 is 2.55 bits per heavy atom. The van der Waals surface area contributed by atoms with E-state index in [9.17, 15) is 18.0 Å². The first-order chi connectivity index (χ1) is 13.3. The average molecular weight is 535 g/mol. The molecule has 1 saturated carbocycles. The number of likely N-dealkylation sites (N-methyl/N-ethyl adjacent to an activating group) is 1. The fourth-order valence-electron chi connectivity index (χ4n) is 3.41. The van der Waals surface area contributed by atoms with Crippen LogP contribution in [0.3, 0.4) is 0 Å². The van der Waals surface area contributed by atoms with Crippen LogP contribution in [-0.4, -0.2) is 93.9 Å². The van der Waals surface area contributed by atoms with Gasteiger partial charge >= 0.3 is 6.18 Å². The molecule has 0 aromatic rings. The Morgan fingerprint density at radius 2 is 1.93 bits per heavy atom. The lowest BCUT2D eigenvalue weighted by molar-refractivity contribution is -0.183. The van der Waals surface area contributed by atoms with E-state index in [0.29, 0.717) is 38.6 Å². The third kappa shape index (κ3) is 9.69. The van der Waals surface area contributed by atoms with Crippen LogP contribution in [0.15, 0.2) is 4.99 Å². The molecule has 1 saturated heterocycles. The van der Waals surface area contributed by atoms with Gasteiger partial charge in [0.05, 0.1) is 19.1 Å². The number of rotatable bonds is 6. The summed E-state index contributed by atoms with van der Waals surface area (Å²) < 4.78 is 44.5. The summed E-state index contributed by atoms with van der Waals surface area (Å²) in [6.45, 7) is 4.45. The molecule has 2 rings (SSSR count). The number of carbonyl (C=O) groups excluding carboxylic acids is 1. The van der Waals surface area contributed by atoms with Crippen molar-refractivity contribution in [1.29, 1.82) is 0 Å². The highest BCUT2D eigenvalue weighted by Gasteiger charge is 2.42. The normalized spacial score (nSPS) is 23.8. The van der Waals surface area contributed by atoms with Gasteiger partial charge in [0.2, 0.25) is 5.91 Å². The minimum Gasteiger partial charge on any atom is -0.379 e. The number of hydrogen-bond donors (Lipinski definition) is 2. The lowest BCUT2D eigenvalue weighted by atomic mass is 9.85. The van der Waals surface area contributed by atoms with Crippen molar-refractivity contribution >= 4 is 35.8 Å². The number of amides is 1. The maximum absolute atomic E-state index is 13.1. The van der Waals surface area contributed by atoms with Crippen LogP contribution in [0.2, 0.25) is 0 Å². The smallest absolute Gasteiger partial charge is 0.379 e. The van der Waals surface area contributed by atoms with E-state index in [1.165, 1.54) is 4.90 Å². The van der Waals surface area contributed by atoms with E-state index in [4.69, 9.17) is 4.74 Å². The number of alkyl halides is 3. The van der Waals surface area contributed by atoms with E-state index in [1.807, 2.05) is 0 Å². The Bertz CT molecular complexity index is 528. The molecule has 2 atom stereocenters. The molecule has 1 heterocycles. The van der Waals surface area contributed by atoms with Crippen LogP contribution in [0.4, 0.5) is 13.2 Å². The number of aliphatic imine (C=N–C) groups is 1. The molecule has 2 aliphatic rings. The van der Waals surface area contributed by atoms with Crippen molar-refractivity contribution in [2.75, 3.05) is 60.0 Å². The van der Waals surface area contributed by atoms with Gasteiger partial charge in [0.25, 0.3) is 0 Å². The fraction of sp³-hybridized carbons (Fsp3) is 0.889. The topological polar surface area (TPSA) is 69.2 Å². The van der Waals surface area contributed by atoms with E-state index in [-0.39, 0.29) is 55.3 Å². The highest BCUT2D eigenvalue weighted by atomic mass is 127. The number of nitrogens with zero attached hydrogens (tertiary/aromatic N) is 3. The number of morpholine rings is 1. The van der Waals surface area contributed by atoms with Crippen LogP contribution in [0.5, 0.6) is 0 Å². The summed E-state index contributed by atoms with van der Waals surface area (Å²) in [7, 11) is 3.29. The van der Waals surface area contributed by atoms with Crippen LogP contribution >= 0.6 is 24.0 Å². The van der Waals surface area contributed by atoms with E-state index >= 15 is 0 Å². The molecule has 170 valence electrons. The Labute approximate surface area is 187 Å². The molecule has 0 bridgehead atoms. The van der Waals surface area contributed by atoms with Gasteiger partial charge in [-0.3, -0.25) is 9.69 Å². The highest BCUT2D eigenvalue weighted by molar-refractivity contribution is 14.0. The number of ether oxygens (including phenoxy) is 1. The monoisotopic (exact) mass is 535 g/mol. The largest absolute Gasteiger partial charge is 0.391 e. The molecule has 1 aliphatic carbocycles. The summed E-state index contributed by atoms with van der Waals surface area (Å²) in [6.07, 6.45) is -2.76. The van der Waals surface area contributed by atoms with Gasteiger partial charge in [0, 0.05) is 46.3 Å². The molecular formula is C18H33F3IN5O2. The zero-order valence-electron chi connectivity index (χ0n) is 17.1. The van der Waals surface area contributed by atoms with Crippen LogP contribution in [0.25, 0.3) is 0 Å². The lowest BCUT2D eigenvalue weighted by Gasteiger charge is -2.32. The van der Waals surface area contributed by atoms with Gasteiger partial charge in [-0.2, -0.15) is 13.2 Å². The van der Waals surface area contributed by atoms with Crippen molar-refractivity contribution < 1.29 is 22.7 Å². The van der Waals surface area contributed by atoms with Crippen LogP contribution in [0.1, 0.15) is 25.7 Å². The molecule has 1 aliphatic heterocycles. The van der Waals surface area contributed by atoms with Crippen molar-refractivity contribution in [3.63, 3.8) is 0 Å². The standard InChI is InChI=1S/C18H32F3N5O2.HI/c1-25(2)16(27)13-23-17(22-6-7-26-8-10-28-11-9-26)24-15-5-3-4-14(12-15)18(19,20)21;/h14-15H,3-13H2,1-2H3,(H2,22,23,24);1H. The second-order valence-corrected chi connectivity index (χ2v) is 7.58. The number of carbonyl (C=O) groups is 1. The minimum atomic E-state index is -4.16. The first-order valence-electron chi connectivity index (χ1n) is 9.87. The van der Waals surface area contributed by atoms with E-state index in [0.717, 1.165) is 19.6 Å². The van der Waals surface area contributed by atoms with E-state index in [2.05, 4.69) is 20.5 Å². The Hall–Kier alpha value is -0.820. The van der Waals surface area contributed by atoms with Gasteiger partial charge in [-0.1, -0.05) is 6.42 Å². The molecule has 0 radical (unpaired) electrons. The van der Waals surface area contributed by atoms with Gasteiger partial charge < -0.3 is 20.3 Å². The predicted molar refractivity (Wildman–Crippen MR) is 117 cm³/mol. The third-order valence-corrected chi connectivity index (χ3v) is 5.17. The molecule has 0 aromatic heterocycles. The van der Waals surface area contributed by atoms with Crippen LogP contribution < -0.4 is 10.6 Å². The van der Waals surface area contributed by atoms with Gasteiger partial charge in [-0.15, -0.1) is 24.0 Å². The maximum Gasteiger partial charge on any atom is 0.391 e. The summed E-state index contributed by atoms with van der Waals surface area (Å²) in [5.41, 5.74) is 0. The van der Waals surface area contributed by atoms with Crippen molar-refractivity contribution in [3.8, 4) is 0 Å². The molecule has 1 amide bonds. The minimum absolute atomic E-state index is 0. The summed E-state index contributed by atoms with van der Waals surface area (Å²) >= 11 is 0. The number of hydrogen-bond acceptors (Lipinski definition) is 4. The second kappa shape index (κ2) is 12.8. The van der Waals surface area contributed by atoms with Crippen molar-refractivity contribution in [2.45, 2.75) is 37.9 Å². The molecule has 2 unspecified atom stereocenters. The summed E-state index contributed by atoms with van der Waals surface area (Å²) in [5, 5.41) is 6.28. The molecule has 11 heteroatoms. The SMILES string of the molecule is CN(C)C(=O)CN=C(NCCN1CCOCC1)NC1CCCC(C(F)(F)F)C1.I. The van der Waals surface area contributed by atoms with E-state index in [1.54, 1.807) is 14.1 Å². The summed E-state index contributed by atoms with van der Waals surface area (Å²) in [4.78, 5) is 19.8. The first-order valence-corrected chi connectivity index (χ1v) is 9.87. The van der Waals surface area contributed by atoms with Gasteiger partial charge in [-0.05, 0) is 19.3 Å². The highest BCUT2D eigenvalue weighted by Crippen LogP contribution is 2.37. The molecule has 7 nitrogen and oxygen atoms in total. The van der Waals surface area contributed by atoms with Gasteiger partial charge in [0.15, 0.2) is 5.96 Å². The quantitative estimate of drug-likeness (QED) is 0.308. The summed E-state index contributed by atoms with van der Waals surface area (Å²) in [6, 6.07) is -0.301. The Balaban J connectivity index is 0.00000420. The fourth-order valence-corrected chi connectivity index (χ4v) is 3.41. The van der Waals surface area contributed by atoms with Crippen molar-refractivity contribution in [3.05, 3.63) is 0 Å². The third-order valence-electron chi connectivity index (χ3n) is 5.17. The summed E-state index contributed by atoms with van der Waals surface area (Å²) in [5.74, 6) is -1.04. The molecule has 0 spiro atoms. The molecular weight excluding hydrogens is 502 g/mol. The molecule has 0 aromatic carbocycles. The predicted octanol–water partition coefficient (Wildman–Crippen LogP) is 1.68. The number of halogens is 4. The van der Waals surface area contributed by atoms with E-state index < -0.39 is 12.1 Å². The van der Waals surface area contributed by atoms with Gasteiger partial charge in [-0.25, -0.2) is 4.99 Å². The Kier molecular flexibility index (Phi) is 11.6.